The van der Waals surface area contributed by atoms with Gasteiger partial charge in [-0.1, -0.05) is 0 Å². The van der Waals surface area contributed by atoms with E-state index >= 15 is 0 Å². The monoisotopic (exact) mass is 1570 g/mol. The normalized spacial score (nSPS) is 16.9. The molecule has 114 heavy (non-hydrogen) atoms. The van der Waals surface area contributed by atoms with Crippen molar-refractivity contribution < 1.29 is 83.5 Å². The molecule has 588 valence electrons. The molecule has 42 heteroatoms. The molecule has 0 bridgehead atoms. The molecular weight excluding hydrogens is 1510 g/mol. The summed E-state index contributed by atoms with van der Waals surface area (Å²) in [6.07, 6.45) is 19.7. The second-order valence-electron chi connectivity index (χ2n) is 26.5. The van der Waals surface area contributed by atoms with Crippen molar-refractivity contribution in [3.8, 4) is 68.3 Å². The molecule has 9 aromatic heterocycles. The number of carbonyl (C=O) groups excluding carboxylic acids is 6. The Kier molecular flexibility index (Phi) is 20.0. The second-order valence-corrected chi connectivity index (χ2v) is 26.5. The van der Waals surface area contributed by atoms with Crippen LogP contribution in [0.5, 0.6) is 34.5 Å². The molecule has 3 saturated heterocycles. The minimum Gasteiger partial charge on any atom is -0.490 e. The number of aromatic nitrogens is 15. The van der Waals surface area contributed by atoms with Gasteiger partial charge in [0.2, 0.25) is 17.7 Å². The smallest absolute Gasteiger partial charge is 0.387 e. The molecule has 1 unspecified atom stereocenters. The van der Waals surface area contributed by atoms with Crippen molar-refractivity contribution in [3.63, 3.8) is 0 Å². The van der Waals surface area contributed by atoms with Gasteiger partial charge in [0.15, 0.2) is 16.9 Å². The first-order valence-corrected chi connectivity index (χ1v) is 35.5. The van der Waals surface area contributed by atoms with E-state index in [0.29, 0.717) is 130 Å². The first-order chi connectivity index (χ1) is 55.2. The highest BCUT2D eigenvalue weighted by Gasteiger charge is 2.38. The number of anilines is 6. The number of likely N-dealkylation sites (N-methyl/N-ethyl adjacent to an activating group) is 3. The molecule has 15 heterocycles. The Hall–Kier alpha value is -14.3. The number of fused-ring (bicyclic) bond motifs is 6. The lowest BCUT2D eigenvalue weighted by atomic mass is 10.1. The van der Waals surface area contributed by atoms with E-state index in [1.807, 2.05) is 0 Å². The van der Waals surface area contributed by atoms with E-state index in [1.54, 1.807) is 72.6 Å². The van der Waals surface area contributed by atoms with Gasteiger partial charge in [0.25, 0.3) is 17.7 Å². The van der Waals surface area contributed by atoms with E-state index in [9.17, 15) is 55.1 Å². The second kappa shape index (κ2) is 30.9. The van der Waals surface area contributed by atoms with Crippen molar-refractivity contribution in [2.24, 2.45) is 0 Å². The fourth-order valence-electron chi connectivity index (χ4n) is 13.8. The summed E-state index contributed by atoms with van der Waals surface area (Å²) in [6, 6.07) is 12.0. The number of halogens is 6. The van der Waals surface area contributed by atoms with Gasteiger partial charge >= 0.3 is 19.8 Å². The van der Waals surface area contributed by atoms with Crippen LogP contribution < -0.4 is 60.3 Å². The highest BCUT2D eigenvalue weighted by molar-refractivity contribution is 6.12. The van der Waals surface area contributed by atoms with E-state index in [0.717, 1.165) is 0 Å². The first-order valence-electron chi connectivity index (χ1n) is 35.5. The first kappa shape index (κ1) is 73.9. The third kappa shape index (κ3) is 14.7. The van der Waals surface area contributed by atoms with Gasteiger partial charge in [-0.05, 0) is 55.7 Å². The largest absolute Gasteiger partial charge is 0.490 e. The van der Waals surface area contributed by atoms with Crippen LogP contribution in [0.1, 0.15) is 68.5 Å². The van der Waals surface area contributed by atoms with Gasteiger partial charge in [-0.15, -0.1) is 0 Å². The minimum atomic E-state index is -3.11. The molecule has 0 spiro atoms. The molecule has 3 aromatic carbocycles. The summed E-state index contributed by atoms with van der Waals surface area (Å²) in [5.74, 6) is -1.29. The molecule has 0 radical (unpaired) electrons. The van der Waals surface area contributed by atoms with Gasteiger partial charge in [0, 0.05) is 116 Å². The minimum absolute atomic E-state index is 0.137. The summed E-state index contributed by atoms with van der Waals surface area (Å²) in [4.78, 5) is 95.5. The SMILES string of the molecule is CN1CCC(n2cc(NC(=O)c3cnn4cccnc34)c(-c3cc4c(cc3OC(F)F)NCCO4)n2)C1=O.CN1CC[C@@H](n2cc(NC(=O)c3cnn4cccnc34)c(-c3cc4c(cc3OC(F)F)NCCO4)n2)C1=O.CN1CC[C@H](n2cc(NC(=O)c3cnn4cccnc34)c(-c3cc4c(cc3OC(F)F)NCCO4)n2)C1=O. The summed E-state index contributed by atoms with van der Waals surface area (Å²) in [5, 5.41) is 43.8. The van der Waals surface area contributed by atoms with E-state index in [4.69, 9.17) is 28.4 Å². The maximum Gasteiger partial charge on any atom is 0.387 e. The van der Waals surface area contributed by atoms with Crippen LogP contribution in [-0.2, 0) is 14.4 Å². The topological polar surface area (TPSA) is 384 Å². The fourth-order valence-corrected chi connectivity index (χ4v) is 13.8. The van der Waals surface area contributed by atoms with Crippen molar-refractivity contribution >= 4 is 86.5 Å². The molecule has 6 amide bonds. The lowest BCUT2D eigenvalue weighted by Gasteiger charge is -2.21. The number of likely N-dealkylation sites (tertiary alicyclic amines) is 3. The predicted octanol–water partition coefficient (Wildman–Crippen LogP) is 7.96. The molecule has 3 atom stereocenters. The van der Waals surface area contributed by atoms with Crippen molar-refractivity contribution in [2.45, 2.75) is 57.2 Å². The molecule has 36 nitrogen and oxygen atoms in total. The van der Waals surface area contributed by atoms with Crippen molar-refractivity contribution in [1.29, 1.82) is 0 Å². The quantitative estimate of drug-likeness (QED) is 0.0443. The van der Waals surface area contributed by atoms with Crippen LogP contribution in [0.2, 0.25) is 0 Å². The molecule has 0 saturated carbocycles. The van der Waals surface area contributed by atoms with E-state index < -0.39 is 55.7 Å². The van der Waals surface area contributed by atoms with E-state index in [1.165, 1.54) is 120 Å². The number of alkyl halides is 6. The Morgan fingerprint density at radius 2 is 0.737 bits per heavy atom. The van der Waals surface area contributed by atoms with Crippen LogP contribution in [0, 0.1) is 0 Å². The summed E-state index contributed by atoms with van der Waals surface area (Å²) >= 11 is 0. The Morgan fingerprint density at radius 1 is 0.447 bits per heavy atom. The molecule has 6 N–H and O–H groups in total. The Labute approximate surface area is 638 Å². The molecular formula is C72H66F6N24O12. The van der Waals surface area contributed by atoms with Gasteiger partial charge in [-0.2, -0.15) is 56.9 Å². The third-order valence-corrected chi connectivity index (χ3v) is 19.4. The van der Waals surface area contributed by atoms with E-state index in [2.05, 4.69) is 77.4 Å². The van der Waals surface area contributed by atoms with Crippen molar-refractivity contribution in [1.82, 2.24) is 87.8 Å². The van der Waals surface area contributed by atoms with Crippen molar-refractivity contribution in [2.75, 3.05) is 112 Å². The molecule has 6 aliphatic heterocycles. The average molecular weight is 1570 g/mol. The Morgan fingerprint density at radius 3 is 1.00 bits per heavy atom. The van der Waals surface area contributed by atoms with Gasteiger partial charge in [0.05, 0.1) is 88.0 Å². The summed E-state index contributed by atoms with van der Waals surface area (Å²) in [7, 11) is 5.07. The number of ether oxygens (including phenoxy) is 6. The number of nitrogens with zero attached hydrogens (tertiary/aromatic N) is 18. The van der Waals surface area contributed by atoms with Crippen molar-refractivity contribution in [3.05, 3.63) is 146 Å². The molecule has 18 rings (SSSR count). The molecule has 3 fully saturated rings. The average Bonchev–Trinajstić information content (AvgIpc) is 1.59. The standard InChI is InChI=1S/3C24H22F2N8O4/c3*1-32-7-3-17(23(32)36)34-12-16(30-22(35)14-11-29-33-6-2-4-28-21(14)33)20(31-34)13-9-19-15(27-5-8-37-19)10-18(13)38-24(25)26/h3*2,4,6,9-12,17,24,27H,3,5,7-8H2,1H3,(H,30,35)/t2*17-;/m10./s1. The van der Waals surface area contributed by atoms with Gasteiger partial charge in [-0.3, -0.25) is 42.8 Å². The lowest BCUT2D eigenvalue weighted by molar-refractivity contribution is -0.130. The summed E-state index contributed by atoms with van der Waals surface area (Å²) in [5.41, 5.74) is 4.55. The zero-order chi connectivity index (χ0) is 79.2. The number of amides is 6. The predicted molar refractivity (Wildman–Crippen MR) is 392 cm³/mol. The van der Waals surface area contributed by atoms with Gasteiger partial charge < -0.3 is 75.0 Å². The zero-order valence-corrected chi connectivity index (χ0v) is 60.3. The van der Waals surface area contributed by atoms with Crippen LogP contribution >= 0.6 is 0 Å². The number of rotatable bonds is 18. The number of hydrogen-bond donors (Lipinski definition) is 6. The zero-order valence-electron chi connectivity index (χ0n) is 60.3. The van der Waals surface area contributed by atoms with Gasteiger partial charge in [-0.25, -0.2) is 28.5 Å². The highest BCUT2D eigenvalue weighted by atomic mass is 19.3. The van der Waals surface area contributed by atoms with Crippen LogP contribution in [0.3, 0.4) is 0 Å². The Bertz CT molecular complexity index is 5200. The molecule has 0 aliphatic carbocycles. The maximum atomic E-state index is 13.4. The molecule has 12 aromatic rings. The van der Waals surface area contributed by atoms with Crippen LogP contribution in [-0.4, -0.2) is 223 Å². The number of hydrogen-bond acceptors (Lipinski definition) is 24. The number of benzene rings is 3. The van der Waals surface area contributed by atoms with Crippen LogP contribution in [0.15, 0.2) is 129 Å². The number of nitrogens with one attached hydrogen (secondary N) is 6. The molecule has 6 aliphatic rings. The third-order valence-electron chi connectivity index (χ3n) is 19.4. The van der Waals surface area contributed by atoms with E-state index in [-0.39, 0.29) is 102 Å². The van der Waals surface area contributed by atoms with Gasteiger partial charge in [0.1, 0.15) is 106 Å². The fraction of sp³-hybridized carbons (Fsp3) is 0.292. The number of carbonyl (C=O) groups is 6. The van der Waals surface area contributed by atoms with Crippen LogP contribution in [0.4, 0.5) is 60.5 Å². The Balaban J connectivity index is 0.000000129. The summed E-state index contributed by atoms with van der Waals surface area (Å²) in [6.45, 7) is -5.07. The lowest BCUT2D eigenvalue weighted by Crippen LogP contribution is -2.24. The summed E-state index contributed by atoms with van der Waals surface area (Å²) < 4.78 is 121. The maximum absolute atomic E-state index is 13.4. The highest BCUT2D eigenvalue weighted by Crippen LogP contribution is 2.47. The van der Waals surface area contributed by atoms with Crippen LogP contribution in [0.25, 0.3) is 50.7 Å².